The molecule has 0 unspecified atom stereocenters. The molecule has 2 fully saturated rings. The van der Waals surface area contributed by atoms with Gasteiger partial charge < -0.3 is 19.6 Å². The highest BCUT2D eigenvalue weighted by atomic mass is 19.1. The van der Waals surface area contributed by atoms with E-state index in [-0.39, 0.29) is 17.4 Å². The Hall–Kier alpha value is -3.40. The molecule has 2 aromatic heterocycles. The number of nitrogens with zero attached hydrogens (tertiary/aromatic N) is 4. The molecule has 0 atom stereocenters. The van der Waals surface area contributed by atoms with Gasteiger partial charge in [0, 0.05) is 37.4 Å². The molecule has 1 aromatic carbocycles. The number of hydrogen-bond acceptors (Lipinski definition) is 4. The number of pyridine rings is 2. The van der Waals surface area contributed by atoms with Gasteiger partial charge in [0.2, 0.25) is 5.52 Å². The van der Waals surface area contributed by atoms with Gasteiger partial charge in [-0.05, 0) is 80.8 Å². The lowest BCUT2D eigenvalue weighted by Crippen LogP contribution is -2.42. The lowest BCUT2D eigenvalue weighted by molar-refractivity contribution is 0.386. The fourth-order valence-electron chi connectivity index (χ4n) is 4.92. The third-order valence-corrected chi connectivity index (χ3v) is 7.00. The number of aryl methyl sites for hydroxylation is 1. The van der Waals surface area contributed by atoms with Gasteiger partial charge in [0.15, 0.2) is 0 Å². The number of aromatic nitrogens is 2. The molecule has 2 saturated carbocycles. The van der Waals surface area contributed by atoms with Crippen LogP contribution in [-0.2, 0) is 7.05 Å². The van der Waals surface area contributed by atoms with Crippen LogP contribution < -0.4 is 15.8 Å². The van der Waals surface area contributed by atoms with E-state index in [1.54, 1.807) is 41.9 Å². The number of halogens is 1. The Morgan fingerprint density at radius 1 is 1.12 bits per heavy atom. The topological polar surface area (TPSA) is 54.5 Å². The van der Waals surface area contributed by atoms with E-state index in [1.165, 1.54) is 12.8 Å². The second-order valence-corrected chi connectivity index (χ2v) is 9.33. The van der Waals surface area contributed by atoms with Gasteiger partial charge in [-0.25, -0.2) is 4.39 Å². The van der Waals surface area contributed by atoms with Crippen LogP contribution in [0.15, 0.2) is 47.3 Å². The second-order valence-electron chi connectivity index (χ2n) is 9.33. The molecule has 5 rings (SSSR count). The van der Waals surface area contributed by atoms with Crippen LogP contribution in [0.2, 0.25) is 0 Å². The van der Waals surface area contributed by atoms with Crippen LogP contribution in [0, 0.1) is 18.3 Å². The van der Waals surface area contributed by atoms with Gasteiger partial charge in [-0.15, -0.1) is 4.98 Å². The molecule has 0 spiro atoms. The molecule has 6 nitrogen and oxygen atoms in total. The molecule has 2 heterocycles. The number of anilines is 2. The van der Waals surface area contributed by atoms with Crippen molar-refractivity contribution >= 4 is 28.2 Å². The van der Waals surface area contributed by atoms with Gasteiger partial charge in [0.1, 0.15) is 5.82 Å². The molecule has 2 aliphatic carbocycles. The summed E-state index contributed by atoms with van der Waals surface area (Å²) in [6.07, 6.45) is 6.59. The Morgan fingerprint density at radius 2 is 1.85 bits per heavy atom. The maximum atomic E-state index is 13.5. The van der Waals surface area contributed by atoms with Crippen LogP contribution in [0.5, 0.6) is 0 Å². The van der Waals surface area contributed by atoms with Gasteiger partial charge in [0.05, 0.1) is 11.2 Å². The molecule has 170 valence electrons. The van der Waals surface area contributed by atoms with Crippen molar-refractivity contribution in [3.63, 3.8) is 0 Å². The predicted molar refractivity (Wildman–Crippen MR) is 129 cm³/mol. The van der Waals surface area contributed by atoms with Crippen molar-refractivity contribution in [3.8, 4) is 0 Å². The monoisotopic (exact) mass is 445 g/mol. The molecular formula is C26H28FN5O. The van der Waals surface area contributed by atoms with Crippen LogP contribution >= 0.6 is 0 Å². The van der Waals surface area contributed by atoms with E-state index in [9.17, 15) is 9.18 Å². The zero-order valence-corrected chi connectivity index (χ0v) is 18.8. The molecule has 0 bridgehead atoms. The number of benzene rings is 1. The van der Waals surface area contributed by atoms with Crippen LogP contribution in [0.3, 0.4) is 0 Å². The van der Waals surface area contributed by atoms with Crippen molar-refractivity contribution in [2.45, 2.75) is 50.6 Å². The fourth-order valence-corrected chi connectivity index (χ4v) is 4.92. The Balaban J connectivity index is 1.32. The van der Waals surface area contributed by atoms with Crippen LogP contribution in [0.4, 0.5) is 21.6 Å². The number of rotatable bonds is 6. The van der Waals surface area contributed by atoms with Crippen molar-refractivity contribution in [2.24, 2.45) is 13.0 Å². The summed E-state index contributed by atoms with van der Waals surface area (Å²) < 4.78 is 15.0. The lowest BCUT2D eigenvalue weighted by Gasteiger charge is -2.39. The predicted octanol–water partition coefficient (Wildman–Crippen LogP) is 5.26. The van der Waals surface area contributed by atoms with Gasteiger partial charge in [-0.3, -0.25) is 4.79 Å². The minimum atomic E-state index is -0.200. The molecule has 0 radical (unpaired) electrons. The maximum absolute atomic E-state index is 13.5. The molecular weight excluding hydrogens is 417 g/mol. The molecule has 1 N–H and O–H groups in total. The summed E-state index contributed by atoms with van der Waals surface area (Å²) in [5.74, 6) is 0.873. The van der Waals surface area contributed by atoms with E-state index in [2.05, 4.69) is 20.0 Å². The first-order valence-electron chi connectivity index (χ1n) is 11.7. The highest BCUT2D eigenvalue weighted by molar-refractivity contribution is 5.89. The summed E-state index contributed by atoms with van der Waals surface area (Å²) in [5, 5.41) is 3.56. The van der Waals surface area contributed by atoms with Crippen LogP contribution in [0.25, 0.3) is 15.9 Å². The third-order valence-electron chi connectivity index (χ3n) is 7.00. The summed E-state index contributed by atoms with van der Waals surface area (Å²) in [6.45, 7) is 8.32. The summed E-state index contributed by atoms with van der Waals surface area (Å²) in [4.78, 5) is 22.9. The number of nitrogens with one attached hydrogen (secondary N) is 1. The number of hydrogen-bond donors (Lipinski definition) is 1. The average molecular weight is 446 g/mol. The highest BCUT2D eigenvalue weighted by Crippen LogP contribution is 2.36. The zero-order chi connectivity index (χ0) is 22.9. The van der Waals surface area contributed by atoms with Crippen molar-refractivity contribution in [1.29, 1.82) is 0 Å². The smallest absolute Gasteiger partial charge is 0.270 e. The summed E-state index contributed by atoms with van der Waals surface area (Å²) in [7, 11) is 1.72. The summed E-state index contributed by atoms with van der Waals surface area (Å²) >= 11 is 0. The van der Waals surface area contributed by atoms with E-state index < -0.39 is 0 Å². The van der Waals surface area contributed by atoms with Crippen LogP contribution in [0.1, 0.15) is 38.5 Å². The lowest BCUT2D eigenvalue weighted by atomic mass is 9.89. The van der Waals surface area contributed by atoms with Gasteiger partial charge in [0.25, 0.3) is 11.4 Å². The largest absolute Gasteiger partial charge is 0.379 e. The van der Waals surface area contributed by atoms with Gasteiger partial charge in [-0.1, -0.05) is 6.57 Å². The molecule has 0 saturated heterocycles. The van der Waals surface area contributed by atoms with Crippen molar-refractivity contribution in [1.82, 2.24) is 9.55 Å². The quantitative estimate of drug-likeness (QED) is 0.526. The Labute approximate surface area is 192 Å². The van der Waals surface area contributed by atoms with E-state index in [1.807, 2.05) is 12.1 Å². The normalized spacial score (nSPS) is 20.4. The van der Waals surface area contributed by atoms with E-state index in [0.29, 0.717) is 23.1 Å². The minimum Gasteiger partial charge on any atom is -0.379 e. The summed E-state index contributed by atoms with van der Waals surface area (Å²) in [6, 6.07) is 12.6. The SMILES string of the molecule is [C-]#[N+]c1ccc2c(n1)c(NC1CCC(N(CC3CC3)c3ccc(F)cc3)CC1)cc(=O)n2C. The van der Waals surface area contributed by atoms with E-state index >= 15 is 0 Å². The van der Waals surface area contributed by atoms with Crippen molar-refractivity contribution in [2.75, 3.05) is 16.8 Å². The first-order chi connectivity index (χ1) is 16.0. The minimum absolute atomic E-state index is 0.0945. The number of fused-ring (bicyclic) bond motifs is 1. The Kier molecular flexibility index (Phi) is 5.76. The fraction of sp³-hybridized carbons (Fsp3) is 0.423. The van der Waals surface area contributed by atoms with Gasteiger partial charge >= 0.3 is 0 Å². The van der Waals surface area contributed by atoms with Crippen molar-refractivity contribution < 1.29 is 4.39 Å². The second kappa shape index (κ2) is 8.86. The van der Waals surface area contributed by atoms with E-state index in [4.69, 9.17) is 6.57 Å². The Bertz CT molecular complexity index is 1250. The van der Waals surface area contributed by atoms with Gasteiger partial charge in [-0.2, -0.15) is 0 Å². The van der Waals surface area contributed by atoms with E-state index in [0.717, 1.165) is 49.4 Å². The maximum Gasteiger partial charge on any atom is 0.270 e. The molecule has 7 heteroatoms. The third kappa shape index (κ3) is 4.56. The first kappa shape index (κ1) is 21.4. The van der Waals surface area contributed by atoms with Crippen molar-refractivity contribution in [3.05, 3.63) is 70.1 Å². The average Bonchev–Trinajstić information content (AvgIpc) is 3.66. The molecule has 2 aliphatic rings. The molecule has 33 heavy (non-hydrogen) atoms. The Morgan fingerprint density at radius 3 is 2.52 bits per heavy atom. The molecule has 0 aliphatic heterocycles. The standard InChI is InChI=1S/C26H28FN5O/c1-28-24-14-13-23-26(30-24)22(15-25(33)31(23)2)29-19-7-11-21(12-8-19)32(16-17-3-4-17)20-9-5-18(27)6-10-20/h5-6,9-10,13-15,17,19,21,29H,3-4,7-8,11-12,16H2,2H3. The van der Waals surface area contributed by atoms with Crippen LogP contribution in [-0.4, -0.2) is 28.2 Å². The summed E-state index contributed by atoms with van der Waals surface area (Å²) in [5.41, 5.74) is 3.10. The first-order valence-corrected chi connectivity index (χ1v) is 11.7. The zero-order valence-electron chi connectivity index (χ0n) is 18.8. The highest BCUT2D eigenvalue weighted by Gasteiger charge is 2.31. The molecule has 3 aromatic rings. The molecule has 0 amide bonds.